The highest BCUT2D eigenvalue weighted by Crippen LogP contribution is 2.29. The molecule has 5 atom stereocenters. The molecule has 426 valence electrons. The molecule has 1 aliphatic heterocycles. The standard InChI is InChI=1S/C59H103N9O7/c1-41(2)27-34-67(35-28-42(3)4)32-18-15-23-48(62-54(70)47-25-26-47)56(72)64-50(24-16-19-33-68(36-29-43(5)6)37-30-44(7)8)57(73)63-49-22-14-17-31-60-53(69)40-61-55(71)52(39-46-20-12-11-13-21-46)66-59(75)51(38-45(9)10)65-58(49)74/h11-13,20-21,41-45,47-52H,14-19,22-40H2,1-10H3,(H,60,69)(H,61,71)(H,62,70)(H,63,73)(H,64,72)(H,65,74)(H,66,75)/t48-,49-,50?,51-,52-/m0/s1. The second kappa shape index (κ2) is 35.7. The Morgan fingerprint density at radius 3 is 1.57 bits per heavy atom. The van der Waals surface area contributed by atoms with Crippen LogP contribution in [0.2, 0.25) is 0 Å². The zero-order chi connectivity index (χ0) is 55.3. The minimum absolute atomic E-state index is 0.0296. The lowest BCUT2D eigenvalue weighted by Crippen LogP contribution is -2.59. The maximum absolute atomic E-state index is 14.8. The number of hydrogen-bond donors (Lipinski definition) is 7. The van der Waals surface area contributed by atoms with Gasteiger partial charge >= 0.3 is 0 Å². The summed E-state index contributed by atoms with van der Waals surface area (Å²) in [6, 6.07) is 4.21. The van der Waals surface area contributed by atoms with Crippen LogP contribution in [0.5, 0.6) is 0 Å². The Hall–Kier alpha value is -4.57. The first-order valence-corrected chi connectivity index (χ1v) is 29.2. The second-order valence-electron chi connectivity index (χ2n) is 23.9. The van der Waals surface area contributed by atoms with Crippen LogP contribution in [0.3, 0.4) is 0 Å². The van der Waals surface area contributed by atoms with Crippen molar-refractivity contribution in [2.45, 2.75) is 209 Å². The molecule has 7 N–H and O–H groups in total. The molecule has 0 radical (unpaired) electrons. The molecule has 7 amide bonds. The Kier molecular flexibility index (Phi) is 30.8. The Morgan fingerprint density at radius 1 is 0.547 bits per heavy atom. The van der Waals surface area contributed by atoms with Gasteiger partial charge in [-0.3, -0.25) is 33.6 Å². The highest BCUT2D eigenvalue weighted by Gasteiger charge is 2.35. The van der Waals surface area contributed by atoms with E-state index in [1.165, 1.54) is 0 Å². The van der Waals surface area contributed by atoms with Gasteiger partial charge in [-0.1, -0.05) is 99.6 Å². The third-order valence-corrected chi connectivity index (χ3v) is 14.3. The Labute approximate surface area is 452 Å². The maximum atomic E-state index is 14.8. The lowest BCUT2D eigenvalue weighted by molar-refractivity contribution is -0.135. The van der Waals surface area contributed by atoms with Crippen molar-refractivity contribution in [3.8, 4) is 0 Å². The molecule has 16 heteroatoms. The summed E-state index contributed by atoms with van der Waals surface area (Å²) >= 11 is 0. The first kappa shape index (κ1) is 64.7. The molecule has 75 heavy (non-hydrogen) atoms. The van der Waals surface area contributed by atoms with Crippen molar-refractivity contribution in [2.24, 2.45) is 35.5 Å². The summed E-state index contributed by atoms with van der Waals surface area (Å²) < 4.78 is 0. The predicted octanol–water partition coefficient (Wildman–Crippen LogP) is 6.65. The number of amides is 7. The van der Waals surface area contributed by atoms with Crippen LogP contribution in [0.4, 0.5) is 0 Å². The number of nitrogens with one attached hydrogen (secondary N) is 7. The van der Waals surface area contributed by atoms with Crippen LogP contribution in [-0.4, -0.2) is 134 Å². The van der Waals surface area contributed by atoms with E-state index in [1.54, 1.807) is 0 Å². The largest absolute Gasteiger partial charge is 0.355 e. The molecule has 3 rings (SSSR count). The monoisotopic (exact) mass is 1050 g/mol. The van der Waals surface area contributed by atoms with Crippen molar-refractivity contribution in [2.75, 3.05) is 52.4 Å². The molecule has 1 aliphatic carbocycles. The highest BCUT2D eigenvalue weighted by atomic mass is 16.2. The zero-order valence-corrected chi connectivity index (χ0v) is 48.2. The van der Waals surface area contributed by atoms with Crippen molar-refractivity contribution >= 4 is 41.4 Å². The van der Waals surface area contributed by atoms with Gasteiger partial charge in [0.2, 0.25) is 41.4 Å². The van der Waals surface area contributed by atoms with Crippen molar-refractivity contribution in [1.29, 1.82) is 0 Å². The summed E-state index contributed by atoms with van der Waals surface area (Å²) in [5.74, 6) is -0.932. The number of carbonyl (C=O) groups is 7. The fourth-order valence-electron chi connectivity index (χ4n) is 9.15. The fourth-order valence-corrected chi connectivity index (χ4v) is 9.15. The van der Waals surface area contributed by atoms with Crippen molar-refractivity contribution in [1.82, 2.24) is 47.0 Å². The smallest absolute Gasteiger partial charge is 0.243 e. The molecule has 16 nitrogen and oxygen atoms in total. The van der Waals surface area contributed by atoms with E-state index in [0.717, 1.165) is 96.2 Å². The van der Waals surface area contributed by atoms with Gasteiger partial charge in [0.1, 0.15) is 30.2 Å². The molecule has 1 aromatic carbocycles. The van der Waals surface area contributed by atoms with Crippen LogP contribution in [0.25, 0.3) is 0 Å². The van der Waals surface area contributed by atoms with Gasteiger partial charge in [-0.05, 0) is 177 Å². The summed E-state index contributed by atoms with van der Waals surface area (Å²) in [4.78, 5) is 103. The average Bonchev–Trinajstić information content (AvgIpc) is 4.21. The van der Waals surface area contributed by atoms with Gasteiger partial charge in [0.05, 0.1) is 6.54 Å². The van der Waals surface area contributed by atoms with Crippen LogP contribution in [0.15, 0.2) is 30.3 Å². The molecule has 2 aliphatic rings. The molecule has 0 spiro atoms. The van der Waals surface area contributed by atoms with Gasteiger partial charge in [0.15, 0.2) is 0 Å². The molecule has 0 aromatic heterocycles. The molecule has 2 fully saturated rings. The average molecular weight is 1050 g/mol. The quantitative estimate of drug-likeness (QED) is 0.0385. The molecule has 1 saturated carbocycles. The van der Waals surface area contributed by atoms with Gasteiger partial charge in [-0.15, -0.1) is 0 Å². The minimum atomic E-state index is -1.09. The van der Waals surface area contributed by atoms with E-state index in [1.807, 2.05) is 44.2 Å². The number of nitrogens with zero attached hydrogens (tertiary/aromatic N) is 2. The molecule has 1 saturated heterocycles. The van der Waals surface area contributed by atoms with E-state index in [4.69, 9.17) is 0 Å². The molecular formula is C59H103N9O7. The molecule has 1 heterocycles. The topological polar surface area (TPSA) is 210 Å². The van der Waals surface area contributed by atoms with Gasteiger partial charge in [0, 0.05) is 18.9 Å². The van der Waals surface area contributed by atoms with Gasteiger partial charge in [0.25, 0.3) is 0 Å². The van der Waals surface area contributed by atoms with E-state index in [2.05, 4.69) is 102 Å². The molecule has 0 bridgehead atoms. The summed E-state index contributed by atoms with van der Waals surface area (Å²) in [6.07, 6.45) is 11.2. The minimum Gasteiger partial charge on any atom is -0.355 e. The molecule has 1 unspecified atom stereocenters. The van der Waals surface area contributed by atoms with Crippen LogP contribution in [-0.2, 0) is 40.0 Å². The number of unbranched alkanes of at least 4 members (excludes halogenated alkanes) is 2. The first-order valence-electron chi connectivity index (χ1n) is 29.2. The van der Waals surface area contributed by atoms with Gasteiger partial charge < -0.3 is 47.0 Å². The van der Waals surface area contributed by atoms with Crippen LogP contribution in [0.1, 0.15) is 178 Å². The third-order valence-electron chi connectivity index (χ3n) is 14.3. The Morgan fingerprint density at radius 2 is 1.07 bits per heavy atom. The van der Waals surface area contributed by atoms with Gasteiger partial charge in [-0.2, -0.15) is 0 Å². The second-order valence-corrected chi connectivity index (χ2v) is 23.9. The molecular weight excluding hydrogens is 947 g/mol. The van der Waals surface area contributed by atoms with E-state index in [0.29, 0.717) is 62.2 Å². The normalized spacial score (nSPS) is 19.3. The lowest BCUT2D eigenvalue weighted by atomic mass is 10.00. The van der Waals surface area contributed by atoms with E-state index in [-0.39, 0.29) is 56.0 Å². The van der Waals surface area contributed by atoms with E-state index < -0.39 is 59.7 Å². The SMILES string of the molecule is CC(C)CCN(CCCCC(NC(=O)[C@H](CCCCN(CCC(C)C)CCC(C)C)NC(=O)C1CC1)C(=O)N[C@H]1CCCCNC(=O)CNC(=O)[C@H](Cc2ccccc2)NC(=O)[C@H](CC(C)C)NC1=O)CCC(C)C. The van der Waals surface area contributed by atoms with Crippen molar-refractivity contribution in [3.05, 3.63) is 35.9 Å². The van der Waals surface area contributed by atoms with E-state index >= 15 is 0 Å². The third kappa shape index (κ3) is 28.4. The fraction of sp³-hybridized carbons (Fsp3) is 0.780. The van der Waals surface area contributed by atoms with E-state index in [9.17, 15) is 33.6 Å². The molecule has 1 aromatic rings. The van der Waals surface area contributed by atoms with Gasteiger partial charge in [-0.25, -0.2) is 0 Å². The highest BCUT2D eigenvalue weighted by molar-refractivity contribution is 5.97. The zero-order valence-electron chi connectivity index (χ0n) is 48.2. The van der Waals surface area contributed by atoms with Crippen LogP contribution in [0, 0.1) is 35.5 Å². The summed E-state index contributed by atoms with van der Waals surface area (Å²) in [5, 5.41) is 20.4. The Bertz CT molecular complexity index is 1830. The summed E-state index contributed by atoms with van der Waals surface area (Å²) in [5.41, 5.74) is 0.799. The Balaban J connectivity index is 1.91. The summed E-state index contributed by atoms with van der Waals surface area (Å²) in [6.45, 7) is 27.5. The number of hydrogen-bond acceptors (Lipinski definition) is 9. The lowest BCUT2D eigenvalue weighted by Gasteiger charge is -2.28. The number of carbonyl (C=O) groups excluding carboxylic acids is 7. The van der Waals surface area contributed by atoms with Crippen molar-refractivity contribution < 1.29 is 33.6 Å². The summed E-state index contributed by atoms with van der Waals surface area (Å²) in [7, 11) is 0. The van der Waals surface area contributed by atoms with Crippen molar-refractivity contribution in [3.63, 3.8) is 0 Å². The van der Waals surface area contributed by atoms with Crippen LogP contribution < -0.4 is 37.2 Å². The number of benzene rings is 1. The number of rotatable bonds is 32. The predicted molar refractivity (Wildman–Crippen MR) is 300 cm³/mol. The maximum Gasteiger partial charge on any atom is 0.243 e. The van der Waals surface area contributed by atoms with Crippen LogP contribution >= 0.6 is 0 Å². The first-order chi connectivity index (χ1) is 35.7.